The molecule has 0 saturated heterocycles. The molecule has 1 aromatic heterocycles. The van der Waals surface area contributed by atoms with Gasteiger partial charge in [0.15, 0.2) is 0 Å². The van der Waals surface area contributed by atoms with Crippen LogP contribution in [-0.2, 0) is 9.53 Å². The van der Waals surface area contributed by atoms with Crippen molar-refractivity contribution in [1.82, 2.24) is 4.98 Å². The van der Waals surface area contributed by atoms with E-state index in [1.165, 1.54) is 12.5 Å². The molecule has 0 unspecified atom stereocenters. The van der Waals surface area contributed by atoms with Crippen molar-refractivity contribution in [2.24, 2.45) is 0 Å². The minimum Gasteiger partial charge on any atom is -0.542 e. The highest BCUT2D eigenvalue weighted by Crippen LogP contribution is 2.06. The lowest BCUT2D eigenvalue weighted by Crippen LogP contribution is -2.21. The van der Waals surface area contributed by atoms with E-state index in [4.69, 9.17) is 0 Å². The van der Waals surface area contributed by atoms with Crippen LogP contribution in [0.2, 0.25) is 0 Å². The zero-order chi connectivity index (χ0) is 10.6. The van der Waals surface area contributed by atoms with Crippen molar-refractivity contribution in [2.75, 3.05) is 7.11 Å². The number of carbonyl (C=O) groups excluding carboxylic acids is 2. The maximum absolute atomic E-state index is 10.6. The number of carbonyl (C=O) groups is 2. The number of rotatable bonds is 1. The highest BCUT2D eigenvalue weighted by molar-refractivity contribution is 7.11. The van der Waals surface area contributed by atoms with E-state index in [0.717, 1.165) is 11.3 Å². The molecule has 5 nitrogen and oxygen atoms in total. The number of aromatic nitrogens is 1. The van der Waals surface area contributed by atoms with E-state index in [2.05, 4.69) is 21.6 Å². The molecule has 0 atom stereocenters. The number of carboxylic acid groups (broad SMARTS) is 1. The Morgan fingerprint density at radius 3 is 2.86 bits per heavy atom. The van der Waals surface area contributed by atoms with Crippen LogP contribution in [0.3, 0.4) is 0 Å². The predicted octanol–water partition coefficient (Wildman–Crippen LogP) is -0.969. The summed E-state index contributed by atoms with van der Waals surface area (Å²) >= 11 is 0.889. The number of esters is 1. The van der Waals surface area contributed by atoms with Gasteiger partial charge in [0.2, 0.25) is 0 Å². The largest absolute Gasteiger partial charge is 0.542 e. The molecule has 0 aliphatic rings. The lowest BCUT2D eigenvalue weighted by atomic mass is 10.5. The molecule has 0 spiro atoms. The van der Waals surface area contributed by atoms with Gasteiger partial charge in [-0.25, -0.2) is 9.78 Å². The summed E-state index contributed by atoms with van der Waals surface area (Å²) in [7, 11) is 1.20. The summed E-state index contributed by atoms with van der Waals surface area (Å²) in [6.07, 6.45) is 0. The van der Waals surface area contributed by atoms with Crippen LogP contribution in [0.25, 0.3) is 0 Å². The second kappa shape index (κ2) is 4.39. The molecule has 72 valence electrons. The number of nitrogens with zero attached hydrogens (tertiary/aromatic N) is 1. The lowest BCUT2D eigenvalue weighted by Gasteiger charge is -1.90. The number of ether oxygens (including phenoxy) is 1. The van der Waals surface area contributed by atoms with Gasteiger partial charge in [-0.05, 0) is 5.92 Å². The van der Waals surface area contributed by atoms with Gasteiger partial charge in [-0.2, -0.15) is 0 Å². The van der Waals surface area contributed by atoms with E-state index in [0.29, 0.717) is 0 Å². The quantitative estimate of drug-likeness (QED) is 0.440. The summed E-state index contributed by atoms with van der Waals surface area (Å²) in [4.78, 5) is 24.5. The topological polar surface area (TPSA) is 79.3 Å². The van der Waals surface area contributed by atoms with Crippen LogP contribution in [0.15, 0.2) is 5.38 Å². The predicted molar refractivity (Wildman–Crippen MR) is 45.3 cm³/mol. The third-order valence-corrected chi connectivity index (χ3v) is 1.98. The molecule has 0 aliphatic heterocycles. The van der Waals surface area contributed by atoms with Crippen LogP contribution >= 0.6 is 11.3 Å². The summed E-state index contributed by atoms with van der Waals surface area (Å²) in [5.74, 6) is 2.41. The van der Waals surface area contributed by atoms with Gasteiger partial charge in [0.05, 0.1) is 7.11 Å². The Hall–Kier alpha value is -1.87. The van der Waals surface area contributed by atoms with Crippen LogP contribution in [0.4, 0.5) is 0 Å². The summed E-state index contributed by atoms with van der Waals surface area (Å²) < 4.78 is 4.26. The highest BCUT2D eigenvalue weighted by Gasteiger charge is 1.99. The molecule has 0 aromatic carbocycles. The van der Waals surface area contributed by atoms with Crippen molar-refractivity contribution in [2.45, 2.75) is 0 Å². The maximum atomic E-state index is 10.6. The number of carboxylic acids is 1. The van der Waals surface area contributed by atoms with E-state index in [1.54, 1.807) is 0 Å². The molecule has 0 aliphatic carbocycles. The normalized spacial score (nSPS) is 8.64. The van der Waals surface area contributed by atoms with E-state index in [1.807, 2.05) is 0 Å². The smallest absolute Gasteiger partial charge is 0.384 e. The van der Waals surface area contributed by atoms with Crippen LogP contribution < -0.4 is 5.11 Å². The molecule has 0 amide bonds. The van der Waals surface area contributed by atoms with Gasteiger partial charge >= 0.3 is 5.97 Å². The summed E-state index contributed by atoms with van der Waals surface area (Å²) in [6, 6.07) is 0. The fourth-order valence-electron chi connectivity index (χ4n) is 0.591. The molecule has 1 heterocycles. The molecule has 0 N–H and O–H groups in total. The summed E-state index contributed by atoms with van der Waals surface area (Å²) in [5, 5.41) is 11.6. The van der Waals surface area contributed by atoms with Gasteiger partial charge in [0.1, 0.15) is 16.7 Å². The Kier molecular flexibility index (Phi) is 3.20. The van der Waals surface area contributed by atoms with Gasteiger partial charge in [-0.15, -0.1) is 11.3 Å². The zero-order valence-corrected chi connectivity index (χ0v) is 7.88. The fourth-order valence-corrected chi connectivity index (χ4v) is 1.17. The molecule has 1 rings (SSSR count). The molecule has 6 heteroatoms. The zero-order valence-electron chi connectivity index (χ0n) is 7.07. The van der Waals surface area contributed by atoms with Crippen LogP contribution in [0.5, 0.6) is 0 Å². The van der Waals surface area contributed by atoms with E-state index >= 15 is 0 Å². The third-order valence-electron chi connectivity index (χ3n) is 1.16. The maximum Gasteiger partial charge on any atom is 0.384 e. The van der Waals surface area contributed by atoms with Crippen LogP contribution in [0, 0.1) is 11.8 Å². The molecule has 1 aromatic rings. The highest BCUT2D eigenvalue weighted by atomic mass is 32.1. The first-order valence-corrected chi connectivity index (χ1v) is 4.28. The second-order valence-electron chi connectivity index (χ2n) is 2.07. The van der Waals surface area contributed by atoms with E-state index in [9.17, 15) is 14.7 Å². The standard InChI is InChI=1S/C8H5NO4S/c1-13-6(10)3-2-5-4-14-7(9-5)8(11)12/h4H,1H3,(H,11,12)/p-1. The first-order chi connectivity index (χ1) is 6.63. The molecule has 0 saturated carbocycles. The SMILES string of the molecule is COC(=O)C#Cc1csc(C(=O)[O-])n1. The average molecular weight is 210 g/mol. The number of hydrogen-bond acceptors (Lipinski definition) is 6. The molecule has 0 radical (unpaired) electrons. The van der Waals surface area contributed by atoms with Gasteiger partial charge < -0.3 is 14.6 Å². The van der Waals surface area contributed by atoms with E-state index < -0.39 is 11.9 Å². The average Bonchev–Trinajstić information content (AvgIpc) is 2.62. The molecular formula is C8H4NO4S-. The second-order valence-corrected chi connectivity index (χ2v) is 2.93. The Balaban J connectivity index is 2.81. The number of thiazole rings is 1. The molecular weight excluding hydrogens is 206 g/mol. The number of methoxy groups -OCH3 is 1. The molecule has 0 fully saturated rings. The number of hydrogen-bond donors (Lipinski definition) is 0. The van der Waals surface area contributed by atoms with Crippen molar-refractivity contribution >= 4 is 23.3 Å². The van der Waals surface area contributed by atoms with Gasteiger partial charge in [-0.3, -0.25) is 0 Å². The fraction of sp³-hybridized carbons (Fsp3) is 0.125. The Bertz CT molecular complexity index is 426. The van der Waals surface area contributed by atoms with Crippen molar-refractivity contribution in [3.8, 4) is 11.8 Å². The number of aromatic carboxylic acids is 1. The Morgan fingerprint density at radius 1 is 1.64 bits per heavy atom. The first-order valence-electron chi connectivity index (χ1n) is 3.40. The molecule has 0 bridgehead atoms. The van der Waals surface area contributed by atoms with Gasteiger partial charge in [0.25, 0.3) is 0 Å². The Morgan fingerprint density at radius 2 is 2.36 bits per heavy atom. The molecule has 14 heavy (non-hydrogen) atoms. The Labute approximate surface area is 83.3 Å². The van der Waals surface area contributed by atoms with Crippen molar-refractivity contribution in [3.63, 3.8) is 0 Å². The summed E-state index contributed by atoms with van der Waals surface area (Å²) in [5.41, 5.74) is 0.208. The monoisotopic (exact) mass is 210 g/mol. The van der Waals surface area contributed by atoms with Crippen molar-refractivity contribution in [3.05, 3.63) is 16.1 Å². The lowest BCUT2D eigenvalue weighted by molar-refractivity contribution is -0.255. The van der Waals surface area contributed by atoms with E-state index in [-0.39, 0.29) is 10.7 Å². The van der Waals surface area contributed by atoms with Crippen molar-refractivity contribution in [1.29, 1.82) is 0 Å². The third kappa shape index (κ3) is 2.57. The van der Waals surface area contributed by atoms with Crippen LogP contribution in [-0.4, -0.2) is 24.0 Å². The van der Waals surface area contributed by atoms with Gasteiger partial charge in [0, 0.05) is 11.3 Å². The minimum absolute atomic E-state index is 0.167. The summed E-state index contributed by atoms with van der Waals surface area (Å²) in [6.45, 7) is 0. The minimum atomic E-state index is -1.36. The first kappa shape index (κ1) is 10.2. The van der Waals surface area contributed by atoms with Crippen LogP contribution in [0.1, 0.15) is 15.5 Å². The van der Waals surface area contributed by atoms with Crippen molar-refractivity contribution < 1.29 is 19.4 Å². The van der Waals surface area contributed by atoms with Gasteiger partial charge in [-0.1, -0.05) is 0 Å².